The molecule has 0 N–H and O–H groups in total. The third kappa shape index (κ3) is 5.10. The van der Waals surface area contributed by atoms with Gasteiger partial charge in [0.15, 0.2) is 11.0 Å². The summed E-state index contributed by atoms with van der Waals surface area (Å²) in [5.41, 5.74) is 0.490. The van der Waals surface area contributed by atoms with Crippen LogP contribution < -0.4 is 0 Å². The van der Waals surface area contributed by atoms with Crippen LogP contribution in [0.25, 0.3) is 0 Å². The van der Waals surface area contributed by atoms with Gasteiger partial charge in [-0.05, 0) is 25.5 Å². The second-order valence-electron chi connectivity index (χ2n) is 5.73. The zero-order chi connectivity index (χ0) is 20.0. The summed E-state index contributed by atoms with van der Waals surface area (Å²) in [4.78, 5) is 47.4. The van der Waals surface area contributed by atoms with Crippen LogP contribution in [-0.2, 0) is 34.8 Å². The number of nitrogens with zero attached hydrogens (tertiary/aromatic N) is 1. The van der Waals surface area contributed by atoms with E-state index in [9.17, 15) is 23.4 Å². The maximum Gasteiger partial charge on any atom is 0.333 e. The maximum absolute atomic E-state index is 12.3. The number of carbonyl (C=O) groups is 4. The summed E-state index contributed by atoms with van der Waals surface area (Å²) in [6.45, 7) is 4.73. The molecule has 1 aliphatic rings. The van der Waals surface area contributed by atoms with Crippen molar-refractivity contribution in [2.75, 3.05) is 13.2 Å². The molecule has 27 heavy (non-hydrogen) atoms. The lowest BCUT2D eigenvalue weighted by atomic mass is 10.2. The fourth-order valence-corrected chi connectivity index (χ4v) is 3.52. The largest absolute Gasteiger partial charge is 0.462 e. The highest BCUT2D eigenvalue weighted by Gasteiger charge is 2.38. The zero-order valence-electron chi connectivity index (χ0n) is 14.8. The van der Waals surface area contributed by atoms with Gasteiger partial charge in [0.05, 0.1) is 10.5 Å². The molecule has 9 heteroatoms. The molecule has 0 fully saturated rings. The first kappa shape index (κ1) is 20.5. The lowest BCUT2D eigenvalue weighted by molar-refractivity contribution is -0.150. The Hall–Kier alpha value is -2.81. The van der Waals surface area contributed by atoms with Crippen molar-refractivity contribution >= 4 is 34.7 Å². The van der Waals surface area contributed by atoms with E-state index in [0.29, 0.717) is 9.20 Å². The Labute approximate surface area is 158 Å². The Morgan fingerprint density at radius 2 is 1.78 bits per heavy atom. The lowest BCUT2D eigenvalue weighted by Gasteiger charge is -2.11. The molecule has 2 amide bonds. The molecule has 0 radical (unpaired) electrons. The predicted octanol–water partition coefficient (Wildman–Crippen LogP) is 1.52. The zero-order valence-corrected chi connectivity index (χ0v) is 15.6. The second kappa shape index (κ2) is 9.22. The van der Waals surface area contributed by atoms with Crippen LogP contribution in [0.3, 0.4) is 0 Å². The fourth-order valence-electron chi connectivity index (χ4n) is 2.26. The predicted molar refractivity (Wildman–Crippen MR) is 94.6 cm³/mol. The Kier molecular flexibility index (Phi) is 7.00. The molecular weight excluding hydrogens is 374 g/mol. The van der Waals surface area contributed by atoms with Crippen LogP contribution >= 0.6 is 0 Å². The summed E-state index contributed by atoms with van der Waals surface area (Å²) in [5.74, 6) is -2.35. The Morgan fingerprint density at radius 3 is 2.44 bits per heavy atom. The van der Waals surface area contributed by atoms with Crippen LogP contribution in [0.1, 0.15) is 36.5 Å². The molecule has 144 valence electrons. The third-order valence-corrected chi connectivity index (χ3v) is 5.02. The number of fused-ring (bicyclic) bond motifs is 1. The van der Waals surface area contributed by atoms with E-state index in [0.717, 1.165) is 0 Å². The molecule has 0 saturated carbocycles. The molecule has 0 bridgehead atoms. The van der Waals surface area contributed by atoms with Gasteiger partial charge in [-0.2, -0.15) is 4.31 Å². The molecule has 1 aliphatic heterocycles. The summed E-state index contributed by atoms with van der Waals surface area (Å²) >= 11 is 0. The number of hydrogen-bond acceptors (Lipinski definition) is 7. The molecule has 2 rings (SSSR count). The molecule has 0 aliphatic carbocycles. The minimum atomic E-state index is -1.86. The molecule has 1 aromatic carbocycles. The normalized spacial score (nSPS) is 15.2. The smallest absolute Gasteiger partial charge is 0.333 e. The average molecular weight is 393 g/mol. The van der Waals surface area contributed by atoms with Crippen molar-refractivity contribution in [3.63, 3.8) is 0 Å². The highest BCUT2D eigenvalue weighted by molar-refractivity contribution is 7.84. The second-order valence-corrected chi connectivity index (χ2v) is 7.03. The quantitative estimate of drug-likeness (QED) is 0.374. The molecule has 8 nitrogen and oxygen atoms in total. The highest BCUT2D eigenvalue weighted by atomic mass is 32.2. The van der Waals surface area contributed by atoms with Crippen molar-refractivity contribution in [3.8, 4) is 0 Å². The topological polar surface area (TPSA) is 107 Å². The summed E-state index contributed by atoms with van der Waals surface area (Å²) in [6, 6.07) is 6.32. The summed E-state index contributed by atoms with van der Waals surface area (Å²) < 4.78 is 22.6. The van der Waals surface area contributed by atoms with E-state index in [1.165, 1.54) is 19.1 Å². The number of imide groups is 1. The van der Waals surface area contributed by atoms with Crippen LogP contribution in [-0.4, -0.2) is 45.5 Å². The first-order valence-corrected chi connectivity index (χ1v) is 9.30. The molecule has 1 unspecified atom stereocenters. The SMILES string of the molecule is C=C(C)C(=O)OCCOC(=O)CCCC(=O)N1C(=O)c2ccccc2S1=O. The molecule has 1 aromatic rings. The van der Waals surface area contributed by atoms with Gasteiger partial charge in [-0.25, -0.2) is 9.00 Å². The number of ether oxygens (including phenoxy) is 2. The van der Waals surface area contributed by atoms with Crippen molar-refractivity contribution in [1.82, 2.24) is 4.31 Å². The van der Waals surface area contributed by atoms with Crippen LogP contribution in [0.15, 0.2) is 41.3 Å². The number of rotatable bonds is 8. The number of benzene rings is 1. The van der Waals surface area contributed by atoms with E-state index in [1.54, 1.807) is 12.1 Å². The molecular formula is C18H19NO7S. The Morgan fingerprint density at radius 1 is 1.11 bits per heavy atom. The summed E-state index contributed by atoms with van der Waals surface area (Å²) in [6.07, 6.45) is -0.0342. The fraction of sp³-hybridized carbons (Fsp3) is 0.333. The summed E-state index contributed by atoms with van der Waals surface area (Å²) in [5, 5.41) is 0. The Balaban J connectivity index is 1.71. The molecule has 1 atom stereocenters. The van der Waals surface area contributed by atoms with Gasteiger partial charge in [-0.3, -0.25) is 14.4 Å². The van der Waals surface area contributed by atoms with Crippen LogP contribution in [0.5, 0.6) is 0 Å². The van der Waals surface area contributed by atoms with Crippen LogP contribution in [0, 0.1) is 0 Å². The molecule has 0 aromatic heterocycles. The van der Waals surface area contributed by atoms with Gasteiger partial charge < -0.3 is 9.47 Å². The number of amides is 2. The molecule has 0 spiro atoms. The maximum atomic E-state index is 12.3. The monoisotopic (exact) mass is 393 g/mol. The first-order valence-electron chi connectivity index (χ1n) is 8.19. The van der Waals surface area contributed by atoms with Gasteiger partial charge in [0, 0.05) is 18.4 Å². The Bertz CT molecular complexity index is 783. The number of hydrogen-bond donors (Lipinski definition) is 0. The molecule has 1 heterocycles. The van der Waals surface area contributed by atoms with Crippen LogP contribution in [0.2, 0.25) is 0 Å². The van der Waals surface area contributed by atoms with E-state index < -0.39 is 34.7 Å². The summed E-state index contributed by atoms with van der Waals surface area (Å²) in [7, 11) is -1.86. The van der Waals surface area contributed by atoms with E-state index >= 15 is 0 Å². The lowest BCUT2D eigenvalue weighted by Crippen LogP contribution is -2.33. The van der Waals surface area contributed by atoms with Crippen molar-refractivity contribution in [2.24, 2.45) is 0 Å². The standard InChI is InChI=1S/C18H19NO7S/c1-12(2)18(23)26-11-10-25-16(21)9-5-8-15(20)19-17(22)13-6-3-4-7-14(13)27(19)24/h3-4,6-7H,1,5,8-11H2,2H3. The van der Waals surface area contributed by atoms with Gasteiger partial charge >= 0.3 is 11.9 Å². The number of esters is 2. The minimum absolute atomic E-state index is 0.0538. The van der Waals surface area contributed by atoms with Crippen molar-refractivity contribution < 1.29 is 32.9 Å². The third-order valence-electron chi connectivity index (χ3n) is 3.58. The molecule has 0 saturated heterocycles. The average Bonchev–Trinajstić information content (AvgIpc) is 2.89. The van der Waals surface area contributed by atoms with Crippen molar-refractivity contribution in [2.45, 2.75) is 31.1 Å². The van der Waals surface area contributed by atoms with Gasteiger partial charge in [0.2, 0.25) is 5.91 Å². The van der Waals surface area contributed by atoms with Crippen molar-refractivity contribution in [1.29, 1.82) is 0 Å². The minimum Gasteiger partial charge on any atom is -0.462 e. The van der Waals surface area contributed by atoms with Gasteiger partial charge in [0.25, 0.3) is 5.91 Å². The van der Waals surface area contributed by atoms with E-state index in [4.69, 9.17) is 9.47 Å². The van der Waals surface area contributed by atoms with E-state index in [1.807, 2.05) is 0 Å². The highest BCUT2D eigenvalue weighted by Crippen LogP contribution is 2.27. The van der Waals surface area contributed by atoms with Gasteiger partial charge in [0.1, 0.15) is 13.2 Å². The van der Waals surface area contributed by atoms with Gasteiger partial charge in [-0.15, -0.1) is 0 Å². The van der Waals surface area contributed by atoms with E-state index in [-0.39, 0.29) is 43.6 Å². The first-order chi connectivity index (χ1) is 12.8. The van der Waals surface area contributed by atoms with Crippen molar-refractivity contribution in [3.05, 3.63) is 42.0 Å². The van der Waals surface area contributed by atoms with Crippen LogP contribution in [0.4, 0.5) is 0 Å². The van der Waals surface area contributed by atoms with Gasteiger partial charge in [-0.1, -0.05) is 18.7 Å². The number of carbonyl (C=O) groups excluding carboxylic acids is 4. The van der Waals surface area contributed by atoms with E-state index in [2.05, 4.69) is 6.58 Å².